The Morgan fingerprint density at radius 3 is 2.37 bits per heavy atom. The molecule has 10 heteroatoms. The number of nitrogens with zero attached hydrogens (tertiary/aromatic N) is 2. The number of alkyl halides is 1. The van der Waals surface area contributed by atoms with Gasteiger partial charge in [-0.2, -0.15) is 0 Å². The second kappa shape index (κ2) is 12.0. The van der Waals surface area contributed by atoms with E-state index >= 15 is 0 Å². The van der Waals surface area contributed by atoms with Crippen molar-refractivity contribution < 1.29 is 19.1 Å². The van der Waals surface area contributed by atoms with E-state index < -0.39 is 5.97 Å². The third-order valence-electron chi connectivity index (χ3n) is 10.1. The monoisotopic (exact) mass is 638 g/mol. The SMILES string of the molecule is COC(=O)c1c(Cc2ccc(C(=O)N[C@@H]3[C@@H]4C[C@@H]5C[C@H]3C[C@@](NC(=O)CCl)(C5)C4)cc2)c(=O)c2cccnc2n1-c1ccccc1. The van der Waals surface area contributed by atoms with Crippen molar-refractivity contribution in [2.24, 2.45) is 17.8 Å². The van der Waals surface area contributed by atoms with Crippen molar-refractivity contribution in [3.8, 4) is 5.69 Å². The zero-order chi connectivity index (χ0) is 32.0. The van der Waals surface area contributed by atoms with Gasteiger partial charge in [0.1, 0.15) is 17.2 Å². The van der Waals surface area contributed by atoms with Crippen LogP contribution < -0.4 is 16.1 Å². The summed E-state index contributed by atoms with van der Waals surface area (Å²) in [7, 11) is 1.29. The van der Waals surface area contributed by atoms with Crippen LogP contribution in [0.25, 0.3) is 16.7 Å². The maximum Gasteiger partial charge on any atom is 0.355 e. The molecule has 2 aromatic carbocycles. The minimum Gasteiger partial charge on any atom is -0.464 e. The minimum absolute atomic E-state index is 0.0386. The first-order valence-electron chi connectivity index (χ1n) is 15.7. The molecule has 2 N–H and O–H groups in total. The van der Waals surface area contributed by atoms with Gasteiger partial charge in [-0.15, -0.1) is 11.6 Å². The predicted octanol–water partition coefficient (Wildman–Crippen LogP) is 4.80. The number of ether oxygens (including phenoxy) is 1. The topological polar surface area (TPSA) is 119 Å². The number of carbonyl (C=O) groups is 3. The van der Waals surface area contributed by atoms with Crippen LogP contribution in [-0.2, 0) is 16.0 Å². The minimum atomic E-state index is -0.640. The molecule has 0 aliphatic heterocycles. The highest BCUT2D eigenvalue weighted by molar-refractivity contribution is 6.27. The fourth-order valence-corrected chi connectivity index (χ4v) is 8.59. The zero-order valence-electron chi connectivity index (χ0n) is 25.5. The van der Waals surface area contributed by atoms with Crippen LogP contribution in [0.15, 0.2) is 77.7 Å². The number of amides is 2. The summed E-state index contributed by atoms with van der Waals surface area (Å²) in [6.45, 7) is 0. The first-order chi connectivity index (χ1) is 22.3. The Hall–Kier alpha value is -4.50. The normalized spacial score (nSPS) is 24.5. The summed E-state index contributed by atoms with van der Waals surface area (Å²) < 4.78 is 6.85. The van der Waals surface area contributed by atoms with Gasteiger partial charge in [0.15, 0.2) is 5.43 Å². The van der Waals surface area contributed by atoms with Gasteiger partial charge in [-0.1, -0.05) is 30.3 Å². The van der Waals surface area contributed by atoms with Gasteiger partial charge in [0.25, 0.3) is 5.91 Å². The second-order valence-electron chi connectivity index (χ2n) is 13.0. The van der Waals surface area contributed by atoms with E-state index in [9.17, 15) is 19.2 Å². The van der Waals surface area contributed by atoms with Gasteiger partial charge in [-0.3, -0.25) is 19.0 Å². The van der Waals surface area contributed by atoms with E-state index in [4.69, 9.17) is 16.3 Å². The van der Waals surface area contributed by atoms with Crippen molar-refractivity contribution in [2.45, 2.75) is 50.1 Å². The second-order valence-corrected chi connectivity index (χ2v) is 13.3. The highest BCUT2D eigenvalue weighted by Crippen LogP contribution is 2.55. The number of halogens is 1. The molecular weight excluding hydrogens is 604 g/mol. The zero-order valence-corrected chi connectivity index (χ0v) is 26.3. The molecule has 0 saturated heterocycles. The van der Waals surface area contributed by atoms with Gasteiger partial charge in [-0.05, 0) is 91.8 Å². The molecule has 2 amide bonds. The van der Waals surface area contributed by atoms with Gasteiger partial charge in [0.05, 0.1) is 12.5 Å². The summed E-state index contributed by atoms with van der Waals surface area (Å²) in [5, 5.41) is 6.92. The summed E-state index contributed by atoms with van der Waals surface area (Å²) >= 11 is 5.80. The summed E-state index contributed by atoms with van der Waals surface area (Å²) in [4.78, 5) is 57.2. The molecule has 0 spiro atoms. The Kier molecular flexibility index (Phi) is 7.88. The number of fused-ring (bicyclic) bond motifs is 1. The third-order valence-corrected chi connectivity index (χ3v) is 10.4. The van der Waals surface area contributed by atoms with Crippen molar-refractivity contribution in [3.63, 3.8) is 0 Å². The molecule has 4 saturated carbocycles. The van der Waals surface area contributed by atoms with E-state index in [1.165, 1.54) is 7.11 Å². The summed E-state index contributed by atoms with van der Waals surface area (Å²) in [5.41, 5.74) is 2.26. The fraction of sp³-hybridized carbons (Fsp3) is 0.361. The van der Waals surface area contributed by atoms with E-state index in [1.54, 1.807) is 35.0 Å². The molecule has 0 radical (unpaired) electrons. The average Bonchev–Trinajstić information content (AvgIpc) is 3.07. The highest BCUT2D eigenvalue weighted by Gasteiger charge is 2.56. The number of pyridine rings is 2. The summed E-state index contributed by atoms with van der Waals surface area (Å²) in [6, 6.07) is 19.9. The van der Waals surface area contributed by atoms with Crippen molar-refractivity contribution in [3.05, 3.63) is 106 Å². The Bertz CT molecular complexity index is 1870. The number of benzene rings is 2. The number of aromatic nitrogens is 2. The molecule has 2 heterocycles. The smallest absolute Gasteiger partial charge is 0.355 e. The number of para-hydroxylation sites is 1. The molecule has 236 valence electrons. The lowest BCUT2D eigenvalue weighted by molar-refractivity contribution is -0.125. The van der Waals surface area contributed by atoms with Crippen LogP contribution in [0.3, 0.4) is 0 Å². The molecule has 4 fully saturated rings. The van der Waals surface area contributed by atoms with Crippen molar-refractivity contribution in [2.75, 3.05) is 13.0 Å². The molecule has 4 aliphatic carbocycles. The lowest BCUT2D eigenvalue weighted by Crippen LogP contribution is -2.66. The van der Waals surface area contributed by atoms with Gasteiger partial charge >= 0.3 is 5.97 Å². The largest absolute Gasteiger partial charge is 0.464 e. The first kappa shape index (κ1) is 30.2. The van der Waals surface area contributed by atoms with Crippen LogP contribution >= 0.6 is 11.6 Å². The maximum atomic E-state index is 13.8. The van der Waals surface area contributed by atoms with Crippen molar-refractivity contribution in [1.82, 2.24) is 20.2 Å². The van der Waals surface area contributed by atoms with Crippen LogP contribution in [-0.4, -0.2) is 51.9 Å². The van der Waals surface area contributed by atoms with Crippen LogP contribution in [0.5, 0.6) is 0 Å². The molecular formula is C36H35ClN4O5. The lowest BCUT2D eigenvalue weighted by atomic mass is 9.51. The molecule has 46 heavy (non-hydrogen) atoms. The van der Waals surface area contributed by atoms with Gasteiger partial charge in [-0.25, -0.2) is 9.78 Å². The molecule has 8 rings (SSSR count). The molecule has 4 bridgehead atoms. The lowest BCUT2D eigenvalue weighted by Gasteiger charge is -2.60. The number of hydrogen-bond acceptors (Lipinski definition) is 6. The van der Waals surface area contributed by atoms with E-state index in [-0.39, 0.29) is 52.4 Å². The Morgan fingerprint density at radius 2 is 1.70 bits per heavy atom. The van der Waals surface area contributed by atoms with E-state index in [1.807, 2.05) is 42.5 Å². The number of methoxy groups -OCH3 is 1. The number of carbonyl (C=O) groups excluding carboxylic acids is 3. The third kappa shape index (κ3) is 5.36. The highest BCUT2D eigenvalue weighted by atomic mass is 35.5. The van der Waals surface area contributed by atoms with Crippen LogP contribution in [0.4, 0.5) is 0 Å². The Labute approximate surface area is 271 Å². The Morgan fingerprint density at radius 1 is 0.978 bits per heavy atom. The fourth-order valence-electron chi connectivity index (χ4n) is 8.52. The molecule has 0 unspecified atom stereocenters. The average molecular weight is 639 g/mol. The molecule has 4 aromatic rings. The summed E-state index contributed by atoms with van der Waals surface area (Å²) in [5.74, 6) is 0.256. The number of nitrogens with one attached hydrogen (secondary N) is 2. The van der Waals surface area contributed by atoms with Crippen LogP contribution in [0, 0.1) is 17.8 Å². The molecule has 9 nitrogen and oxygen atoms in total. The quantitative estimate of drug-likeness (QED) is 0.212. The van der Waals surface area contributed by atoms with Gasteiger partial charge < -0.3 is 15.4 Å². The van der Waals surface area contributed by atoms with Crippen LogP contribution in [0.2, 0.25) is 0 Å². The van der Waals surface area contributed by atoms with Crippen molar-refractivity contribution >= 4 is 40.4 Å². The van der Waals surface area contributed by atoms with E-state index in [0.29, 0.717) is 40.0 Å². The van der Waals surface area contributed by atoms with Crippen LogP contribution in [0.1, 0.15) is 64.1 Å². The number of rotatable bonds is 8. The maximum absolute atomic E-state index is 13.8. The van der Waals surface area contributed by atoms with E-state index in [0.717, 1.165) is 37.7 Å². The number of hydrogen-bond donors (Lipinski definition) is 2. The van der Waals surface area contributed by atoms with Gasteiger partial charge in [0, 0.05) is 41.0 Å². The molecule has 4 aliphatic rings. The first-order valence-corrected chi connectivity index (χ1v) is 16.3. The van der Waals surface area contributed by atoms with Crippen molar-refractivity contribution in [1.29, 1.82) is 0 Å². The number of esters is 1. The molecule has 2 aromatic heterocycles. The standard InChI is InChI=1S/C36H35ClN4O5/c1-46-35(45)31-28(32(43)27-8-5-13-38-33(27)41(31)26-6-3-2-4-7-26)16-21-9-11-23(12-10-21)34(44)39-30-24-14-22-15-25(30)19-36(17-22,18-24)40-29(42)20-37/h2-13,22,24-25,30H,14-20H2,1H3,(H,39,44)(H,40,42)/t22-,24-,25+,30-,36-. The summed E-state index contributed by atoms with van der Waals surface area (Å²) in [6.07, 6.45) is 6.58. The van der Waals surface area contributed by atoms with Gasteiger partial charge in [0.2, 0.25) is 5.91 Å². The Balaban J connectivity index is 1.15. The predicted molar refractivity (Wildman–Crippen MR) is 174 cm³/mol. The van der Waals surface area contributed by atoms with E-state index in [2.05, 4.69) is 15.6 Å². The molecule has 5 atom stereocenters.